The molecule has 0 saturated carbocycles. The third-order valence-corrected chi connectivity index (χ3v) is 3.14. The van der Waals surface area contributed by atoms with Crippen molar-refractivity contribution in [1.82, 2.24) is 9.97 Å². The number of carbonyl (C=O) groups is 2. The van der Waals surface area contributed by atoms with E-state index in [-0.39, 0.29) is 11.5 Å². The summed E-state index contributed by atoms with van der Waals surface area (Å²) in [5.41, 5.74) is 7.03. The van der Waals surface area contributed by atoms with Crippen LogP contribution < -0.4 is 11.1 Å². The van der Waals surface area contributed by atoms with E-state index in [2.05, 4.69) is 15.3 Å². The van der Waals surface area contributed by atoms with Gasteiger partial charge >= 0.3 is 0 Å². The highest BCUT2D eigenvalue weighted by Crippen LogP contribution is 2.19. The summed E-state index contributed by atoms with van der Waals surface area (Å²) in [6, 6.07) is 10.2. The zero-order chi connectivity index (χ0) is 14.8. The average molecular weight is 280 g/mol. The minimum atomic E-state index is -0.591. The van der Waals surface area contributed by atoms with Crippen LogP contribution in [-0.2, 0) is 0 Å². The van der Waals surface area contributed by atoms with Crippen LogP contribution in [0.25, 0.3) is 11.0 Å². The number of anilines is 1. The second-order valence-corrected chi connectivity index (χ2v) is 4.47. The van der Waals surface area contributed by atoms with Crippen LogP contribution in [0.1, 0.15) is 20.7 Å². The van der Waals surface area contributed by atoms with Crippen LogP contribution in [0.3, 0.4) is 0 Å². The molecule has 0 atom stereocenters. The molecule has 1 aromatic carbocycles. The summed E-state index contributed by atoms with van der Waals surface area (Å²) < 4.78 is 0. The fourth-order valence-corrected chi connectivity index (χ4v) is 2.14. The van der Waals surface area contributed by atoms with Crippen molar-refractivity contribution in [2.24, 2.45) is 5.73 Å². The van der Waals surface area contributed by atoms with Crippen LogP contribution in [0, 0.1) is 0 Å². The molecule has 6 heteroatoms. The summed E-state index contributed by atoms with van der Waals surface area (Å²) in [6.45, 7) is 0. The first-order chi connectivity index (χ1) is 10.2. The maximum atomic E-state index is 12.4. The molecule has 0 aliphatic heterocycles. The Morgan fingerprint density at radius 1 is 1.10 bits per heavy atom. The van der Waals surface area contributed by atoms with Gasteiger partial charge in [0, 0.05) is 17.8 Å². The van der Waals surface area contributed by atoms with Crippen molar-refractivity contribution in [2.75, 3.05) is 5.32 Å². The number of aromatic nitrogens is 2. The Balaban J connectivity index is 1.96. The maximum Gasteiger partial charge on any atom is 0.257 e. The minimum Gasteiger partial charge on any atom is -0.366 e. The number of benzene rings is 1. The Labute approximate surface area is 120 Å². The molecule has 0 saturated heterocycles. The normalized spacial score (nSPS) is 10.5. The van der Waals surface area contributed by atoms with Gasteiger partial charge in [0.15, 0.2) is 0 Å². The molecule has 0 fully saturated rings. The molecule has 3 aromatic rings. The quantitative estimate of drug-likeness (QED) is 0.683. The molecular weight excluding hydrogens is 268 g/mol. The van der Waals surface area contributed by atoms with E-state index in [9.17, 15) is 9.59 Å². The second kappa shape index (κ2) is 5.09. The smallest absolute Gasteiger partial charge is 0.257 e. The number of rotatable bonds is 3. The molecule has 0 bridgehead atoms. The molecule has 2 aromatic heterocycles. The van der Waals surface area contributed by atoms with E-state index in [0.717, 1.165) is 0 Å². The topological polar surface area (TPSA) is 101 Å². The Morgan fingerprint density at radius 3 is 2.71 bits per heavy atom. The van der Waals surface area contributed by atoms with E-state index in [0.29, 0.717) is 22.3 Å². The summed E-state index contributed by atoms with van der Waals surface area (Å²) in [5, 5.41) is 3.41. The van der Waals surface area contributed by atoms with Crippen molar-refractivity contribution in [1.29, 1.82) is 0 Å². The number of nitrogens with zero attached hydrogens (tertiary/aromatic N) is 1. The minimum absolute atomic E-state index is 0.267. The highest BCUT2D eigenvalue weighted by molar-refractivity contribution is 6.14. The Kier molecular flexibility index (Phi) is 3.12. The molecular formula is C15H12N4O2. The largest absolute Gasteiger partial charge is 0.366 e. The van der Waals surface area contributed by atoms with Gasteiger partial charge in [-0.05, 0) is 24.3 Å². The Hall–Kier alpha value is -3.15. The van der Waals surface area contributed by atoms with Gasteiger partial charge in [0.25, 0.3) is 11.8 Å². The molecule has 0 radical (unpaired) electrons. The fraction of sp³-hybridized carbons (Fsp3) is 0. The number of nitrogens with two attached hydrogens (primary N) is 1. The van der Waals surface area contributed by atoms with Crippen molar-refractivity contribution in [2.45, 2.75) is 0 Å². The number of carbonyl (C=O) groups excluding carboxylic acids is 2. The van der Waals surface area contributed by atoms with Gasteiger partial charge in [-0.25, -0.2) is 4.98 Å². The number of pyridine rings is 1. The standard InChI is InChI=1S/C15H12N4O2/c16-13(20)10-4-1-2-6-12(10)19-15(21)11-8-18-14-9(11)5-3-7-17-14/h1-8H,(H2,16,20)(H,17,18)(H,19,21). The van der Waals surface area contributed by atoms with Gasteiger partial charge in [-0.2, -0.15) is 0 Å². The molecule has 3 rings (SSSR count). The first-order valence-electron chi connectivity index (χ1n) is 6.29. The van der Waals surface area contributed by atoms with E-state index in [1.165, 1.54) is 0 Å². The number of aromatic amines is 1. The molecule has 0 spiro atoms. The predicted molar refractivity (Wildman–Crippen MR) is 79.0 cm³/mol. The number of nitrogens with one attached hydrogen (secondary N) is 2. The van der Waals surface area contributed by atoms with Crippen LogP contribution in [0.2, 0.25) is 0 Å². The number of fused-ring (bicyclic) bond motifs is 1. The lowest BCUT2D eigenvalue weighted by molar-refractivity contribution is 0.100. The highest BCUT2D eigenvalue weighted by Gasteiger charge is 2.15. The third kappa shape index (κ3) is 2.34. The maximum absolute atomic E-state index is 12.4. The zero-order valence-electron chi connectivity index (χ0n) is 11.0. The number of hydrogen-bond acceptors (Lipinski definition) is 3. The molecule has 21 heavy (non-hydrogen) atoms. The number of amides is 2. The van der Waals surface area contributed by atoms with E-state index in [4.69, 9.17) is 5.73 Å². The van der Waals surface area contributed by atoms with Gasteiger partial charge < -0.3 is 16.0 Å². The first kappa shape index (κ1) is 12.9. The molecule has 4 N–H and O–H groups in total. The molecule has 0 aliphatic rings. The van der Waals surface area contributed by atoms with Crippen molar-refractivity contribution in [3.8, 4) is 0 Å². The lowest BCUT2D eigenvalue weighted by atomic mass is 10.1. The number of hydrogen-bond donors (Lipinski definition) is 3. The third-order valence-electron chi connectivity index (χ3n) is 3.14. The Morgan fingerprint density at radius 2 is 1.90 bits per heavy atom. The molecule has 104 valence electrons. The van der Waals surface area contributed by atoms with Crippen LogP contribution in [0.5, 0.6) is 0 Å². The van der Waals surface area contributed by atoms with Crippen molar-refractivity contribution in [3.05, 3.63) is 59.9 Å². The predicted octanol–water partition coefficient (Wildman–Crippen LogP) is 1.91. The second-order valence-electron chi connectivity index (χ2n) is 4.47. The van der Waals surface area contributed by atoms with E-state index in [1.807, 2.05) is 0 Å². The lowest BCUT2D eigenvalue weighted by Crippen LogP contribution is -2.18. The van der Waals surface area contributed by atoms with E-state index >= 15 is 0 Å². The molecule has 2 heterocycles. The van der Waals surface area contributed by atoms with Crippen LogP contribution >= 0.6 is 0 Å². The van der Waals surface area contributed by atoms with Crippen LogP contribution in [-0.4, -0.2) is 21.8 Å². The highest BCUT2D eigenvalue weighted by atomic mass is 16.2. The molecule has 2 amide bonds. The first-order valence-corrected chi connectivity index (χ1v) is 6.29. The van der Waals surface area contributed by atoms with Crippen molar-refractivity contribution in [3.63, 3.8) is 0 Å². The monoisotopic (exact) mass is 280 g/mol. The Bertz CT molecular complexity index is 838. The summed E-state index contributed by atoms with van der Waals surface area (Å²) in [6.07, 6.45) is 3.22. The fourth-order valence-electron chi connectivity index (χ4n) is 2.14. The van der Waals surface area contributed by atoms with Gasteiger partial charge in [-0.1, -0.05) is 12.1 Å². The van der Waals surface area contributed by atoms with Crippen LogP contribution in [0.4, 0.5) is 5.69 Å². The van der Waals surface area contributed by atoms with Gasteiger partial charge in [0.05, 0.1) is 16.8 Å². The average Bonchev–Trinajstić information content (AvgIpc) is 2.91. The van der Waals surface area contributed by atoms with E-state index in [1.54, 1.807) is 48.8 Å². The lowest BCUT2D eigenvalue weighted by Gasteiger charge is -2.08. The van der Waals surface area contributed by atoms with Gasteiger partial charge in [0.2, 0.25) is 0 Å². The number of primary amides is 1. The van der Waals surface area contributed by atoms with Gasteiger partial charge in [-0.3, -0.25) is 9.59 Å². The summed E-state index contributed by atoms with van der Waals surface area (Å²) in [5.74, 6) is -0.922. The summed E-state index contributed by atoms with van der Waals surface area (Å²) in [7, 11) is 0. The van der Waals surface area contributed by atoms with Crippen molar-refractivity contribution < 1.29 is 9.59 Å². The summed E-state index contributed by atoms with van der Waals surface area (Å²) in [4.78, 5) is 30.8. The molecule has 6 nitrogen and oxygen atoms in total. The van der Waals surface area contributed by atoms with Gasteiger partial charge in [-0.15, -0.1) is 0 Å². The molecule has 0 unspecified atom stereocenters. The summed E-state index contributed by atoms with van der Waals surface area (Å²) >= 11 is 0. The zero-order valence-corrected chi connectivity index (χ0v) is 11.0. The van der Waals surface area contributed by atoms with Gasteiger partial charge in [0.1, 0.15) is 5.65 Å². The van der Waals surface area contributed by atoms with Crippen molar-refractivity contribution >= 4 is 28.5 Å². The number of para-hydroxylation sites is 1. The van der Waals surface area contributed by atoms with Crippen LogP contribution in [0.15, 0.2) is 48.8 Å². The SMILES string of the molecule is NC(=O)c1ccccc1NC(=O)c1c[nH]c2ncccc12. The number of H-pyrrole nitrogens is 1. The van der Waals surface area contributed by atoms with E-state index < -0.39 is 5.91 Å². The molecule has 0 aliphatic carbocycles.